The lowest BCUT2D eigenvalue weighted by Gasteiger charge is -2.49. The second kappa shape index (κ2) is 22.9. The smallest absolute Gasteiger partial charge is 0.311 e. The average Bonchev–Trinajstić information content (AvgIpc) is 3.21. The van der Waals surface area contributed by atoms with Gasteiger partial charge >= 0.3 is 17.9 Å². The number of carbonyl (C=O) groups is 3. The van der Waals surface area contributed by atoms with Gasteiger partial charge in [0.05, 0.1) is 22.9 Å². The highest BCUT2D eigenvalue weighted by Crippen LogP contribution is 2.38. The van der Waals surface area contributed by atoms with Crippen LogP contribution in [-0.4, -0.2) is 94.1 Å². The molecule has 2 aliphatic heterocycles. The number of hydrogen-bond acceptors (Lipinski definition) is 10. The normalized spacial score (nSPS) is 22.3. The Morgan fingerprint density at radius 2 is 1.25 bits per heavy atom. The molecule has 0 spiro atoms. The molecule has 2 aromatic carbocycles. The number of ether oxygens (including phenoxy) is 4. The molecule has 0 saturated carbocycles. The first-order valence-corrected chi connectivity index (χ1v) is 25.9. The number of rotatable bonds is 19. The first-order valence-electron chi connectivity index (χ1n) is 24.0. The van der Waals surface area contributed by atoms with E-state index in [0.29, 0.717) is 6.61 Å². The van der Waals surface area contributed by atoms with Gasteiger partial charge in [-0.2, -0.15) is 0 Å². The summed E-state index contributed by atoms with van der Waals surface area (Å²) in [4.78, 5) is 43.0. The van der Waals surface area contributed by atoms with Crippen LogP contribution in [0.25, 0.3) is 0 Å². The second-order valence-electron chi connectivity index (χ2n) is 22.1. The molecule has 2 saturated heterocycles. The molecule has 1 N–H and O–H groups in total. The van der Waals surface area contributed by atoms with Crippen molar-refractivity contribution in [1.82, 2.24) is 10.2 Å². The molecule has 0 aromatic heterocycles. The van der Waals surface area contributed by atoms with Crippen molar-refractivity contribution in [2.24, 2.45) is 16.2 Å². The van der Waals surface area contributed by atoms with Crippen molar-refractivity contribution in [2.75, 3.05) is 26.3 Å². The molecule has 2 aliphatic rings. The lowest BCUT2D eigenvalue weighted by atomic mass is 9.90. The fraction of sp³-hybridized carbons (Fsp3) is 0.712. The van der Waals surface area contributed by atoms with Gasteiger partial charge in [0.2, 0.25) is 0 Å². The zero-order valence-corrected chi connectivity index (χ0v) is 42.4. The third-order valence-electron chi connectivity index (χ3n) is 12.4. The minimum atomic E-state index is -2.60. The van der Waals surface area contributed by atoms with Crippen LogP contribution >= 0.6 is 0 Å². The minimum absolute atomic E-state index is 0.00944. The Balaban J connectivity index is 1.54. The molecular weight excluding hydrogens is 809 g/mol. The van der Waals surface area contributed by atoms with E-state index in [-0.39, 0.29) is 23.7 Å². The van der Waals surface area contributed by atoms with Gasteiger partial charge in [-0.15, -0.1) is 0 Å². The van der Waals surface area contributed by atoms with E-state index in [9.17, 15) is 14.4 Å². The lowest BCUT2D eigenvalue weighted by molar-refractivity contribution is -0.263. The van der Waals surface area contributed by atoms with E-state index in [4.69, 9.17) is 23.4 Å². The van der Waals surface area contributed by atoms with Crippen LogP contribution in [0, 0.1) is 16.2 Å². The van der Waals surface area contributed by atoms with Gasteiger partial charge in [0, 0.05) is 25.2 Å². The van der Waals surface area contributed by atoms with Crippen molar-refractivity contribution in [3.63, 3.8) is 0 Å². The van der Waals surface area contributed by atoms with Crippen LogP contribution in [0.4, 0.5) is 0 Å². The molecule has 11 heteroatoms. The van der Waals surface area contributed by atoms with E-state index in [0.717, 1.165) is 70.9 Å². The van der Waals surface area contributed by atoms with Crippen LogP contribution in [0.2, 0.25) is 5.04 Å². The molecule has 4 rings (SSSR count). The average molecular weight is 893 g/mol. The molecule has 0 amide bonds. The predicted molar refractivity (Wildman–Crippen MR) is 255 cm³/mol. The number of esters is 3. The number of hydrogen-bond donors (Lipinski definition) is 1. The van der Waals surface area contributed by atoms with E-state index in [1.54, 1.807) is 62.3 Å². The van der Waals surface area contributed by atoms with Gasteiger partial charge in [-0.05, 0) is 123 Å². The quantitative estimate of drug-likeness (QED) is 0.0634. The summed E-state index contributed by atoms with van der Waals surface area (Å²) >= 11 is 0. The maximum Gasteiger partial charge on any atom is 0.311 e. The molecule has 6 atom stereocenters. The third-order valence-corrected chi connectivity index (χ3v) is 17.5. The molecule has 0 radical (unpaired) electrons. The summed E-state index contributed by atoms with van der Waals surface area (Å²) in [5.41, 5.74) is -2.48. The fourth-order valence-corrected chi connectivity index (χ4v) is 13.3. The first-order chi connectivity index (χ1) is 29.5. The molecule has 0 bridgehead atoms. The fourth-order valence-electron chi connectivity index (χ4n) is 8.73. The van der Waals surface area contributed by atoms with Crippen molar-refractivity contribution < 1.29 is 37.8 Å². The number of piperidine rings is 1. The highest BCUT2D eigenvalue weighted by atomic mass is 28.4. The zero-order chi connectivity index (χ0) is 46.6. The largest absolute Gasteiger partial charge is 0.455 e. The Morgan fingerprint density at radius 3 is 1.78 bits per heavy atom. The summed E-state index contributed by atoms with van der Waals surface area (Å²) in [6.07, 6.45) is 6.63. The van der Waals surface area contributed by atoms with E-state index in [1.165, 1.54) is 16.8 Å². The monoisotopic (exact) mass is 893 g/mol. The van der Waals surface area contributed by atoms with E-state index >= 15 is 0 Å². The molecule has 2 aromatic rings. The minimum Gasteiger partial charge on any atom is -0.455 e. The van der Waals surface area contributed by atoms with Crippen LogP contribution in [0.15, 0.2) is 60.7 Å². The van der Waals surface area contributed by atoms with Gasteiger partial charge in [0.1, 0.15) is 0 Å². The van der Waals surface area contributed by atoms with Crippen LogP contribution in [-0.2, 0) is 37.8 Å². The van der Waals surface area contributed by atoms with Crippen LogP contribution < -0.4 is 15.7 Å². The van der Waals surface area contributed by atoms with Gasteiger partial charge in [-0.25, -0.2) is 0 Å². The first kappa shape index (κ1) is 52.5. The molecule has 10 nitrogen and oxygen atoms in total. The molecule has 354 valence electrons. The predicted octanol–water partition coefficient (Wildman–Crippen LogP) is 9.36. The third kappa shape index (κ3) is 14.4. The lowest BCUT2D eigenvalue weighted by Crippen LogP contribution is -2.66. The Bertz CT molecular complexity index is 1670. The Labute approximate surface area is 382 Å². The van der Waals surface area contributed by atoms with E-state index in [2.05, 4.69) is 98.6 Å². The summed E-state index contributed by atoms with van der Waals surface area (Å²) in [6, 6.07) is 22.1. The molecular formula is C52H84N2O8Si. The van der Waals surface area contributed by atoms with E-state index in [1.807, 2.05) is 0 Å². The zero-order valence-electron chi connectivity index (χ0n) is 41.4. The van der Waals surface area contributed by atoms with Crippen molar-refractivity contribution in [3.05, 3.63) is 60.7 Å². The van der Waals surface area contributed by atoms with Crippen molar-refractivity contribution >= 4 is 36.6 Å². The summed E-state index contributed by atoms with van der Waals surface area (Å²) in [5.74, 6) is -1.35. The number of benzene rings is 2. The molecule has 0 aliphatic carbocycles. The number of unbranched alkanes of at least 4 members (excludes halogenated alkanes) is 3. The summed E-state index contributed by atoms with van der Waals surface area (Å²) < 4.78 is 32.6. The van der Waals surface area contributed by atoms with Gasteiger partial charge in [-0.3, -0.25) is 19.3 Å². The Hall–Kier alpha value is -3.09. The molecule has 63 heavy (non-hydrogen) atoms. The van der Waals surface area contributed by atoms with Crippen molar-refractivity contribution in [3.8, 4) is 0 Å². The standard InChI is InChI=1S/C52H84N2O8Si/c1-14-15-18-27-38(53-33-24-26-35-59-63(52(11,12)13,40-29-19-16-20-30-40)41-31-21-17-22-32-41)36-39-28-23-25-34-54(39)45-44(62-48(57)51(8,9)10)43(61-47(56)50(5,6)7)42(37-58-45)60-46(55)49(2,3)4/h16-17,19-22,29-32,38-39,42-45,53H,14-15,18,23-28,33-37H2,1-13H3/t38-,39+,42+,43?,44?,45-/m0/s1. The highest BCUT2D eigenvalue weighted by Gasteiger charge is 2.53. The maximum atomic E-state index is 13.8. The van der Waals surface area contributed by atoms with Crippen molar-refractivity contribution in [2.45, 2.75) is 196 Å². The SMILES string of the molecule is CCCCC[C@@H](C[C@H]1CCCCN1[C@H]1OC[C@@H](OC(=O)C(C)(C)C)C(OC(=O)C(C)(C)C)C1OC(=O)C(C)(C)C)NCCCCO[Si](c1ccccc1)(c1ccccc1)C(C)(C)C. The maximum absolute atomic E-state index is 13.8. The molecule has 2 unspecified atom stereocenters. The highest BCUT2D eigenvalue weighted by molar-refractivity contribution is 6.99. The van der Waals surface area contributed by atoms with Gasteiger partial charge < -0.3 is 28.7 Å². The van der Waals surface area contributed by atoms with Crippen LogP contribution in [0.5, 0.6) is 0 Å². The van der Waals surface area contributed by atoms with Crippen LogP contribution in [0.1, 0.15) is 154 Å². The number of likely N-dealkylation sites (tertiary alicyclic amines) is 1. The van der Waals surface area contributed by atoms with Gasteiger partial charge in [-0.1, -0.05) is 114 Å². The van der Waals surface area contributed by atoms with Crippen LogP contribution in [0.3, 0.4) is 0 Å². The summed E-state index contributed by atoms with van der Waals surface area (Å²) in [5, 5.41) is 6.50. The Morgan fingerprint density at radius 1 is 0.714 bits per heavy atom. The molecule has 2 heterocycles. The summed E-state index contributed by atoms with van der Waals surface area (Å²) in [6.45, 7) is 27.6. The summed E-state index contributed by atoms with van der Waals surface area (Å²) in [7, 11) is -2.60. The van der Waals surface area contributed by atoms with Gasteiger partial charge in [0.25, 0.3) is 8.32 Å². The van der Waals surface area contributed by atoms with Gasteiger partial charge in [0.15, 0.2) is 24.5 Å². The van der Waals surface area contributed by atoms with Crippen molar-refractivity contribution in [1.29, 1.82) is 0 Å². The molecule has 2 fully saturated rings. The number of carbonyl (C=O) groups excluding carboxylic acids is 3. The number of nitrogens with zero attached hydrogens (tertiary/aromatic N) is 1. The number of nitrogens with one attached hydrogen (secondary N) is 1. The topological polar surface area (TPSA) is 113 Å². The second-order valence-corrected chi connectivity index (χ2v) is 26.5. The Kier molecular flexibility index (Phi) is 19.1. The van der Waals surface area contributed by atoms with E-state index < -0.39 is 67.0 Å².